The van der Waals surface area contributed by atoms with Crippen molar-refractivity contribution in [2.24, 2.45) is 5.92 Å². The Morgan fingerprint density at radius 3 is 2.93 bits per heavy atom. The molecule has 1 aliphatic heterocycles. The fourth-order valence-electron chi connectivity index (χ4n) is 4.44. The maximum Gasteiger partial charge on any atom is 0.275 e. The van der Waals surface area contributed by atoms with Crippen LogP contribution in [0.4, 0.5) is 0 Å². The predicted octanol–water partition coefficient (Wildman–Crippen LogP) is 3.58. The SMILES string of the molecule is O=C(c1n[nH]c2ccccc12)N1CCC[C@@H](c2nccn2CC2CCC2)C1. The number of likely N-dealkylation sites (tertiary alicyclic amines) is 1. The van der Waals surface area contributed by atoms with Gasteiger partial charge in [-0.15, -0.1) is 0 Å². The molecular formula is C21H25N5O. The summed E-state index contributed by atoms with van der Waals surface area (Å²) in [4.78, 5) is 19.7. The summed E-state index contributed by atoms with van der Waals surface area (Å²) in [5.74, 6) is 2.28. The lowest BCUT2D eigenvalue weighted by molar-refractivity contribution is 0.0698. The standard InChI is InChI=1S/C21H25N5O/c27-21(19-17-8-1-2-9-18(17)23-24-19)26-11-4-7-16(14-26)20-22-10-12-25(20)13-15-5-3-6-15/h1-2,8-10,12,15-16H,3-7,11,13-14H2,(H,23,24)/t16-/m1/s1. The van der Waals surface area contributed by atoms with Crippen molar-refractivity contribution in [3.8, 4) is 0 Å². The maximum atomic E-state index is 13.1. The van der Waals surface area contributed by atoms with Crippen LogP contribution in [0.2, 0.25) is 0 Å². The molecule has 6 heteroatoms. The van der Waals surface area contributed by atoms with Gasteiger partial charge in [-0.05, 0) is 37.7 Å². The van der Waals surface area contributed by atoms with Crippen LogP contribution in [0.1, 0.15) is 54.3 Å². The highest BCUT2D eigenvalue weighted by molar-refractivity contribution is 6.04. The van der Waals surface area contributed by atoms with Gasteiger partial charge in [0.05, 0.1) is 5.52 Å². The van der Waals surface area contributed by atoms with Crippen molar-refractivity contribution in [2.45, 2.75) is 44.6 Å². The average molecular weight is 363 g/mol. The van der Waals surface area contributed by atoms with Crippen LogP contribution in [0.25, 0.3) is 10.9 Å². The topological polar surface area (TPSA) is 66.8 Å². The molecule has 1 N–H and O–H groups in total. The summed E-state index contributed by atoms with van der Waals surface area (Å²) in [5, 5.41) is 8.17. The van der Waals surface area contributed by atoms with Gasteiger partial charge >= 0.3 is 0 Å². The molecule has 3 heterocycles. The second-order valence-corrected chi connectivity index (χ2v) is 7.94. The van der Waals surface area contributed by atoms with Crippen molar-refractivity contribution in [2.75, 3.05) is 13.1 Å². The van der Waals surface area contributed by atoms with E-state index >= 15 is 0 Å². The number of aromatic nitrogens is 4. The molecule has 1 saturated carbocycles. The van der Waals surface area contributed by atoms with Crippen LogP contribution in [-0.4, -0.2) is 43.6 Å². The van der Waals surface area contributed by atoms with Crippen molar-refractivity contribution >= 4 is 16.8 Å². The minimum Gasteiger partial charge on any atom is -0.337 e. The molecule has 2 aliphatic rings. The number of amides is 1. The number of imidazole rings is 1. The van der Waals surface area contributed by atoms with Crippen molar-refractivity contribution < 1.29 is 4.79 Å². The first-order chi connectivity index (χ1) is 13.3. The highest BCUT2D eigenvalue weighted by atomic mass is 16.2. The van der Waals surface area contributed by atoms with Gasteiger partial charge in [0.15, 0.2) is 5.69 Å². The Balaban J connectivity index is 1.35. The molecule has 0 radical (unpaired) electrons. The number of para-hydroxylation sites is 1. The van der Waals surface area contributed by atoms with E-state index in [2.05, 4.69) is 25.9 Å². The average Bonchev–Trinajstić information content (AvgIpc) is 3.31. The molecule has 5 rings (SSSR count). The number of hydrogen-bond acceptors (Lipinski definition) is 3. The van der Waals surface area contributed by atoms with Crippen LogP contribution in [0.5, 0.6) is 0 Å². The van der Waals surface area contributed by atoms with Crippen molar-refractivity contribution in [1.82, 2.24) is 24.6 Å². The second-order valence-electron chi connectivity index (χ2n) is 7.94. The molecule has 2 fully saturated rings. The van der Waals surface area contributed by atoms with Crippen LogP contribution in [0, 0.1) is 5.92 Å². The zero-order valence-corrected chi connectivity index (χ0v) is 15.5. The molecule has 1 atom stereocenters. The molecule has 2 aromatic heterocycles. The number of aromatic amines is 1. The minimum absolute atomic E-state index is 0.0225. The van der Waals surface area contributed by atoms with E-state index in [0.717, 1.165) is 55.1 Å². The van der Waals surface area contributed by atoms with Crippen molar-refractivity contribution in [3.05, 3.63) is 48.2 Å². The lowest BCUT2D eigenvalue weighted by Gasteiger charge is -2.33. The van der Waals surface area contributed by atoms with Gasteiger partial charge in [0.2, 0.25) is 0 Å². The summed E-state index contributed by atoms with van der Waals surface area (Å²) in [6.45, 7) is 2.59. The first kappa shape index (κ1) is 16.5. The molecule has 1 aromatic carbocycles. The Morgan fingerprint density at radius 2 is 2.07 bits per heavy atom. The molecule has 1 amide bonds. The highest BCUT2D eigenvalue weighted by Gasteiger charge is 2.30. The Labute approximate surface area is 158 Å². The number of benzene rings is 1. The molecular weight excluding hydrogens is 338 g/mol. The van der Waals surface area contributed by atoms with Crippen molar-refractivity contribution in [1.29, 1.82) is 0 Å². The van der Waals surface area contributed by atoms with E-state index in [1.165, 1.54) is 19.3 Å². The summed E-state index contributed by atoms with van der Waals surface area (Å²) in [7, 11) is 0. The summed E-state index contributed by atoms with van der Waals surface area (Å²) in [6.07, 6.45) is 10.1. The van der Waals surface area contributed by atoms with Gasteiger partial charge in [0.25, 0.3) is 5.91 Å². The van der Waals surface area contributed by atoms with Crippen LogP contribution < -0.4 is 0 Å². The third-order valence-corrected chi connectivity index (χ3v) is 6.17. The number of nitrogens with one attached hydrogen (secondary N) is 1. The normalized spacial score (nSPS) is 20.7. The number of hydrogen-bond donors (Lipinski definition) is 1. The second kappa shape index (κ2) is 6.83. The summed E-state index contributed by atoms with van der Waals surface area (Å²) < 4.78 is 2.33. The number of piperidine rings is 1. The summed E-state index contributed by atoms with van der Waals surface area (Å²) in [5.41, 5.74) is 1.44. The van der Waals surface area contributed by atoms with E-state index in [4.69, 9.17) is 0 Å². The molecule has 1 aliphatic carbocycles. The Hall–Kier alpha value is -2.63. The van der Waals surface area contributed by atoms with Crippen LogP contribution in [-0.2, 0) is 6.54 Å². The monoisotopic (exact) mass is 363 g/mol. The summed E-state index contributed by atoms with van der Waals surface area (Å²) >= 11 is 0. The smallest absolute Gasteiger partial charge is 0.275 e. The molecule has 3 aromatic rings. The Morgan fingerprint density at radius 1 is 1.19 bits per heavy atom. The number of carbonyl (C=O) groups is 1. The number of rotatable bonds is 4. The van der Waals surface area contributed by atoms with Gasteiger partial charge in [-0.2, -0.15) is 5.10 Å². The third-order valence-electron chi connectivity index (χ3n) is 6.17. The maximum absolute atomic E-state index is 13.1. The van der Waals surface area contributed by atoms with Gasteiger partial charge in [0.1, 0.15) is 5.82 Å². The number of fused-ring (bicyclic) bond motifs is 1. The molecule has 0 bridgehead atoms. The zero-order chi connectivity index (χ0) is 18.2. The Bertz CT molecular complexity index is 954. The fourth-order valence-corrected chi connectivity index (χ4v) is 4.44. The molecule has 0 unspecified atom stereocenters. The minimum atomic E-state index is 0.0225. The lowest BCUT2D eigenvalue weighted by atomic mass is 9.85. The van der Waals surface area contributed by atoms with Crippen LogP contribution in [0.3, 0.4) is 0 Å². The lowest BCUT2D eigenvalue weighted by Crippen LogP contribution is -2.40. The third kappa shape index (κ3) is 3.03. The largest absolute Gasteiger partial charge is 0.337 e. The van der Waals surface area contributed by atoms with E-state index in [1.807, 2.05) is 35.4 Å². The fraction of sp³-hybridized carbons (Fsp3) is 0.476. The first-order valence-electron chi connectivity index (χ1n) is 10.0. The molecule has 27 heavy (non-hydrogen) atoms. The van der Waals surface area contributed by atoms with E-state index in [1.54, 1.807) is 0 Å². The van der Waals surface area contributed by atoms with E-state index < -0.39 is 0 Å². The quantitative estimate of drug-likeness (QED) is 0.770. The van der Waals surface area contributed by atoms with Crippen LogP contribution in [0.15, 0.2) is 36.7 Å². The van der Waals surface area contributed by atoms with Gasteiger partial charge in [-0.25, -0.2) is 4.98 Å². The first-order valence-corrected chi connectivity index (χ1v) is 10.0. The number of H-pyrrole nitrogens is 1. The van der Waals surface area contributed by atoms with E-state index in [0.29, 0.717) is 11.6 Å². The highest BCUT2D eigenvalue weighted by Crippen LogP contribution is 2.31. The van der Waals surface area contributed by atoms with E-state index in [-0.39, 0.29) is 5.91 Å². The van der Waals surface area contributed by atoms with E-state index in [9.17, 15) is 4.79 Å². The molecule has 140 valence electrons. The number of carbonyl (C=O) groups excluding carboxylic acids is 1. The molecule has 6 nitrogen and oxygen atoms in total. The van der Waals surface area contributed by atoms with Crippen LogP contribution >= 0.6 is 0 Å². The van der Waals surface area contributed by atoms with Gasteiger partial charge < -0.3 is 9.47 Å². The summed E-state index contributed by atoms with van der Waals surface area (Å²) in [6, 6.07) is 7.81. The van der Waals surface area contributed by atoms with Gasteiger partial charge in [0, 0.05) is 43.3 Å². The van der Waals surface area contributed by atoms with Gasteiger partial charge in [-0.1, -0.05) is 24.6 Å². The van der Waals surface area contributed by atoms with Crippen molar-refractivity contribution in [3.63, 3.8) is 0 Å². The molecule has 1 saturated heterocycles. The molecule has 0 spiro atoms. The van der Waals surface area contributed by atoms with Gasteiger partial charge in [-0.3, -0.25) is 9.89 Å². The Kier molecular flexibility index (Phi) is 4.19. The zero-order valence-electron chi connectivity index (χ0n) is 15.5. The number of nitrogens with zero attached hydrogens (tertiary/aromatic N) is 4. The predicted molar refractivity (Wildman–Crippen MR) is 104 cm³/mol.